The van der Waals surface area contributed by atoms with E-state index in [2.05, 4.69) is 16.4 Å². The van der Waals surface area contributed by atoms with Gasteiger partial charge in [0.15, 0.2) is 0 Å². The highest BCUT2D eigenvalue weighted by Crippen LogP contribution is 2.17. The average molecular weight is 436 g/mol. The molecule has 0 aliphatic carbocycles. The molecule has 0 saturated carbocycles. The molecule has 0 fully saturated rings. The monoisotopic (exact) mass is 435 g/mol. The van der Waals surface area contributed by atoms with Gasteiger partial charge in [0, 0.05) is 24.7 Å². The molecule has 1 atom stereocenters. The van der Waals surface area contributed by atoms with Crippen LogP contribution in [-0.2, 0) is 20.0 Å². The molecule has 0 saturated heterocycles. The third kappa shape index (κ3) is 8.21. The molecule has 2 N–H and O–H groups in total. The second kappa shape index (κ2) is 10.8. The quantitative estimate of drug-likeness (QED) is 0.277. The Bertz CT molecular complexity index is 836. The number of nitrogens with one attached hydrogen (secondary N) is 2. The largest absolute Gasteiger partial charge is 0.269 e. The Morgan fingerprint density at radius 3 is 2.14 bits per heavy atom. The number of nitro groups is 1. The number of sulfonamides is 2. The van der Waals surface area contributed by atoms with Gasteiger partial charge in [-0.25, -0.2) is 26.3 Å². The summed E-state index contributed by atoms with van der Waals surface area (Å²) in [5, 5.41) is 10.7. The van der Waals surface area contributed by atoms with Gasteiger partial charge in [-0.1, -0.05) is 40.0 Å². The molecule has 28 heavy (non-hydrogen) atoms. The summed E-state index contributed by atoms with van der Waals surface area (Å²) in [4.78, 5) is 9.91. The van der Waals surface area contributed by atoms with Gasteiger partial charge in [0.05, 0.1) is 15.6 Å². The SMILES string of the molecule is CCCCCCNS(=O)(=O)C[C@@H](NS(=O)(=O)c1ccc([N+](=O)[O-])cc1)C(C)C. The minimum Gasteiger partial charge on any atom is -0.258 e. The molecule has 1 rings (SSSR count). The van der Waals surface area contributed by atoms with E-state index in [1.54, 1.807) is 13.8 Å². The molecule has 11 heteroatoms. The summed E-state index contributed by atoms with van der Waals surface area (Å²) in [5.41, 5.74) is -0.228. The van der Waals surface area contributed by atoms with Crippen LogP contribution in [-0.4, -0.2) is 40.1 Å². The molecule has 1 aromatic carbocycles. The van der Waals surface area contributed by atoms with Crippen LogP contribution < -0.4 is 9.44 Å². The van der Waals surface area contributed by atoms with Crippen molar-refractivity contribution in [2.24, 2.45) is 5.92 Å². The smallest absolute Gasteiger partial charge is 0.258 e. The number of benzene rings is 1. The maximum atomic E-state index is 12.6. The molecule has 0 aliphatic heterocycles. The van der Waals surface area contributed by atoms with Crippen molar-refractivity contribution in [3.8, 4) is 0 Å². The molecule has 0 heterocycles. The maximum absolute atomic E-state index is 12.6. The molecule has 160 valence electrons. The van der Waals surface area contributed by atoms with Crippen LogP contribution in [0.2, 0.25) is 0 Å². The highest BCUT2D eigenvalue weighted by atomic mass is 32.2. The van der Waals surface area contributed by atoms with Crippen LogP contribution in [0.5, 0.6) is 0 Å². The normalized spacial score (nSPS) is 13.6. The average Bonchev–Trinajstić information content (AvgIpc) is 2.60. The predicted molar refractivity (Wildman–Crippen MR) is 108 cm³/mol. The van der Waals surface area contributed by atoms with Crippen molar-refractivity contribution in [1.82, 2.24) is 9.44 Å². The fraction of sp³-hybridized carbons (Fsp3) is 0.647. The van der Waals surface area contributed by atoms with E-state index in [0.29, 0.717) is 6.54 Å². The van der Waals surface area contributed by atoms with Gasteiger partial charge in [-0.2, -0.15) is 0 Å². The first-order chi connectivity index (χ1) is 13.0. The fourth-order valence-corrected chi connectivity index (χ4v) is 5.46. The Balaban J connectivity index is 2.81. The lowest BCUT2D eigenvalue weighted by atomic mass is 10.1. The van der Waals surface area contributed by atoms with Crippen molar-refractivity contribution in [3.05, 3.63) is 34.4 Å². The molecule has 0 aliphatic rings. The molecule has 9 nitrogen and oxygen atoms in total. The zero-order valence-corrected chi connectivity index (χ0v) is 18.1. The van der Waals surface area contributed by atoms with Gasteiger partial charge in [-0.15, -0.1) is 0 Å². The van der Waals surface area contributed by atoms with Gasteiger partial charge < -0.3 is 0 Å². The van der Waals surface area contributed by atoms with Crippen LogP contribution in [0.15, 0.2) is 29.2 Å². The first-order valence-corrected chi connectivity index (χ1v) is 12.4. The Morgan fingerprint density at radius 2 is 1.64 bits per heavy atom. The molecule has 0 bridgehead atoms. The highest BCUT2D eigenvalue weighted by molar-refractivity contribution is 7.90. The Morgan fingerprint density at radius 1 is 1.04 bits per heavy atom. The van der Waals surface area contributed by atoms with Crippen molar-refractivity contribution in [2.45, 2.75) is 57.4 Å². The van der Waals surface area contributed by atoms with Gasteiger partial charge in [-0.05, 0) is 24.5 Å². The lowest BCUT2D eigenvalue weighted by Gasteiger charge is -2.22. The Kier molecular flexibility index (Phi) is 9.48. The van der Waals surface area contributed by atoms with E-state index in [-0.39, 0.29) is 22.3 Å². The van der Waals surface area contributed by atoms with Crippen LogP contribution in [0.3, 0.4) is 0 Å². The fourth-order valence-electron chi connectivity index (χ4n) is 2.45. The zero-order chi connectivity index (χ0) is 21.4. The van der Waals surface area contributed by atoms with E-state index in [4.69, 9.17) is 0 Å². The summed E-state index contributed by atoms with van der Waals surface area (Å²) in [5.74, 6) is -0.658. The van der Waals surface area contributed by atoms with E-state index in [1.165, 1.54) is 0 Å². The highest BCUT2D eigenvalue weighted by Gasteiger charge is 2.27. The molecule has 0 radical (unpaired) electrons. The molecule has 0 unspecified atom stereocenters. The van der Waals surface area contributed by atoms with Gasteiger partial charge in [0.25, 0.3) is 5.69 Å². The van der Waals surface area contributed by atoms with Gasteiger partial charge in [-0.3, -0.25) is 10.1 Å². The summed E-state index contributed by atoms with van der Waals surface area (Å²) in [6.45, 7) is 5.83. The van der Waals surface area contributed by atoms with Gasteiger partial charge in [0.2, 0.25) is 20.0 Å². The van der Waals surface area contributed by atoms with E-state index < -0.39 is 31.0 Å². The van der Waals surface area contributed by atoms with Crippen LogP contribution in [0.1, 0.15) is 46.5 Å². The predicted octanol–water partition coefficient (Wildman–Crippen LogP) is 2.40. The van der Waals surface area contributed by atoms with E-state index in [0.717, 1.165) is 49.9 Å². The zero-order valence-electron chi connectivity index (χ0n) is 16.4. The first-order valence-electron chi connectivity index (χ1n) is 9.22. The number of rotatable bonds is 13. The van der Waals surface area contributed by atoms with Crippen LogP contribution in [0.25, 0.3) is 0 Å². The van der Waals surface area contributed by atoms with Gasteiger partial charge >= 0.3 is 0 Å². The standard InChI is InChI=1S/C17H29N3O6S2/c1-4-5-6-7-12-18-27(23,24)13-17(14(2)3)19-28(25,26)16-10-8-15(9-11-16)20(21)22/h8-11,14,17-19H,4-7,12-13H2,1-3H3/t17-/m1/s1. The number of hydrogen-bond donors (Lipinski definition) is 2. The van der Waals surface area contributed by atoms with Crippen LogP contribution in [0, 0.1) is 16.0 Å². The van der Waals surface area contributed by atoms with Crippen molar-refractivity contribution in [1.29, 1.82) is 0 Å². The minimum atomic E-state index is -4.02. The molecular weight excluding hydrogens is 406 g/mol. The van der Waals surface area contributed by atoms with Crippen LogP contribution >= 0.6 is 0 Å². The molecule has 0 spiro atoms. The third-order valence-corrected chi connectivity index (χ3v) is 7.17. The molecule has 0 aromatic heterocycles. The van der Waals surface area contributed by atoms with Crippen molar-refractivity contribution in [2.75, 3.05) is 12.3 Å². The van der Waals surface area contributed by atoms with Crippen molar-refractivity contribution < 1.29 is 21.8 Å². The lowest BCUT2D eigenvalue weighted by Crippen LogP contribution is -2.45. The third-order valence-electron chi connectivity index (χ3n) is 4.22. The second-order valence-corrected chi connectivity index (χ2v) is 10.5. The minimum absolute atomic E-state index is 0.159. The van der Waals surface area contributed by atoms with Crippen molar-refractivity contribution in [3.63, 3.8) is 0 Å². The maximum Gasteiger partial charge on any atom is 0.269 e. The second-order valence-electron chi connectivity index (χ2n) is 6.96. The summed E-state index contributed by atoms with van der Waals surface area (Å²) >= 11 is 0. The molecular formula is C17H29N3O6S2. The molecule has 0 amide bonds. The number of nitro benzene ring substituents is 1. The Labute approximate surface area is 167 Å². The Hall–Kier alpha value is -1.56. The number of nitrogens with zero attached hydrogens (tertiary/aromatic N) is 1. The first kappa shape index (κ1) is 24.5. The van der Waals surface area contributed by atoms with Crippen molar-refractivity contribution >= 4 is 25.7 Å². The van der Waals surface area contributed by atoms with E-state index >= 15 is 0 Å². The van der Waals surface area contributed by atoms with Gasteiger partial charge in [0.1, 0.15) is 0 Å². The summed E-state index contributed by atoms with van der Waals surface area (Å²) in [7, 11) is -7.67. The molecule has 1 aromatic rings. The summed E-state index contributed by atoms with van der Waals surface area (Å²) < 4.78 is 54.6. The van der Waals surface area contributed by atoms with Crippen LogP contribution in [0.4, 0.5) is 5.69 Å². The number of hydrogen-bond acceptors (Lipinski definition) is 6. The van der Waals surface area contributed by atoms with E-state index in [1.807, 2.05) is 0 Å². The topological polar surface area (TPSA) is 135 Å². The number of unbranched alkanes of at least 4 members (excludes halogenated alkanes) is 3. The summed E-state index contributed by atoms with van der Waals surface area (Å²) in [6, 6.07) is 3.59. The lowest BCUT2D eigenvalue weighted by molar-refractivity contribution is -0.384. The van der Waals surface area contributed by atoms with E-state index in [9.17, 15) is 26.9 Å². The summed E-state index contributed by atoms with van der Waals surface area (Å²) in [6.07, 6.45) is 3.74. The number of non-ortho nitro benzene ring substituents is 1.